The molecule has 0 saturated carbocycles. The minimum atomic E-state index is -0.183. The average Bonchev–Trinajstić information content (AvgIpc) is 2.92. The van der Waals surface area contributed by atoms with Crippen molar-refractivity contribution in [1.29, 1.82) is 0 Å². The van der Waals surface area contributed by atoms with Crippen LogP contribution in [0.2, 0.25) is 0 Å². The van der Waals surface area contributed by atoms with E-state index in [1.807, 2.05) is 56.4 Å². The van der Waals surface area contributed by atoms with Crippen LogP contribution in [0.25, 0.3) is 0 Å². The molecule has 2 saturated heterocycles. The second-order valence-corrected chi connectivity index (χ2v) is 10.6. The fourth-order valence-electron chi connectivity index (χ4n) is 5.24. The molecule has 3 N–H and O–H groups in total. The number of carbonyl (C=O) groups excluding carboxylic acids is 2. The molecular formula is C31H46N6O2. The molecule has 0 spiro atoms. The molecule has 2 aliphatic heterocycles. The Balaban J connectivity index is 0.00000134. The number of carbonyl (C=O) groups is 2. The van der Waals surface area contributed by atoms with E-state index >= 15 is 0 Å². The first-order chi connectivity index (χ1) is 18.9. The van der Waals surface area contributed by atoms with Gasteiger partial charge in [-0.3, -0.25) is 14.6 Å². The number of nitrogens with two attached hydrogens (primary N) is 1. The number of anilines is 3. The number of nitrogens with one attached hydrogen (secondary N) is 1. The summed E-state index contributed by atoms with van der Waals surface area (Å²) < 4.78 is 0. The van der Waals surface area contributed by atoms with Crippen LogP contribution in [0.1, 0.15) is 28.8 Å². The Kier molecular flexibility index (Phi) is 12.0. The lowest BCUT2D eigenvalue weighted by Crippen LogP contribution is -2.55. The van der Waals surface area contributed by atoms with E-state index in [0.717, 1.165) is 88.2 Å². The van der Waals surface area contributed by atoms with Crippen LogP contribution in [0.4, 0.5) is 17.1 Å². The Hall–Kier alpha value is -3.20. The van der Waals surface area contributed by atoms with Crippen molar-refractivity contribution in [2.24, 2.45) is 5.92 Å². The first kappa shape index (κ1) is 30.3. The molecule has 1 unspecified atom stereocenters. The highest BCUT2D eigenvalue weighted by atomic mass is 16.1. The molecule has 0 bridgehead atoms. The van der Waals surface area contributed by atoms with Crippen molar-refractivity contribution in [3.63, 3.8) is 0 Å². The number of nitrogen functional groups attached to an aromatic ring is 1. The van der Waals surface area contributed by atoms with Crippen LogP contribution in [0.3, 0.4) is 0 Å². The van der Waals surface area contributed by atoms with Gasteiger partial charge in [0, 0.05) is 80.9 Å². The van der Waals surface area contributed by atoms with Gasteiger partial charge in [0.2, 0.25) is 0 Å². The number of benzene rings is 2. The van der Waals surface area contributed by atoms with Crippen molar-refractivity contribution < 1.29 is 9.59 Å². The SMILES string of the molecule is C=CCCC(C=O)N(C)Cc1cc(N2CCN(CC3CN(c4ccc(N)cc4)C3)CC2)ccc1C=O.CNC. The molecule has 0 aromatic heterocycles. The average molecular weight is 535 g/mol. The Morgan fingerprint density at radius 2 is 1.67 bits per heavy atom. The fraction of sp³-hybridized carbons (Fsp3) is 0.484. The van der Waals surface area contributed by atoms with Crippen molar-refractivity contribution >= 4 is 29.6 Å². The molecule has 1 atom stereocenters. The summed E-state index contributed by atoms with van der Waals surface area (Å²) in [6, 6.07) is 14.1. The first-order valence-electron chi connectivity index (χ1n) is 13.9. The zero-order valence-corrected chi connectivity index (χ0v) is 23.9. The molecule has 0 radical (unpaired) electrons. The van der Waals surface area contributed by atoms with Crippen molar-refractivity contribution in [2.75, 3.05) is 82.5 Å². The van der Waals surface area contributed by atoms with Crippen LogP contribution in [0.15, 0.2) is 55.1 Å². The predicted molar refractivity (Wildman–Crippen MR) is 163 cm³/mol. The molecule has 2 aromatic carbocycles. The van der Waals surface area contributed by atoms with Crippen molar-refractivity contribution in [3.05, 3.63) is 66.2 Å². The van der Waals surface area contributed by atoms with E-state index in [1.165, 1.54) is 5.69 Å². The topological polar surface area (TPSA) is 85.2 Å². The predicted octanol–water partition coefficient (Wildman–Crippen LogP) is 3.14. The molecule has 4 rings (SSSR count). The van der Waals surface area contributed by atoms with Gasteiger partial charge in [0.15, 0.2) is 0 Å². The highest BCUT2D eigenvalue weighted by Gasteiger charge is 2.30. The van der Waals surface area contributed by atoms with Crippen LogP contribution in [-0.2, 0) is 11.3 Å². The zero-order valence-electron chi connectivity index (χ0n) is 23.9. The van der Waals surface area contributed by atoms with Crippen LogP contribution < -0.4 is 20.9 Å². The molecule has 2 aromatic rings. The lowest BCUT2D eigenvalue weighted by Gasteiger charge is -2.45. The lowest BCUT2D eigenvalue weighted by atomic mass is 9.98. The minimum Gasteiger partial charge on any atom is -0.399 e. The summed E-state index contributed by atoms with van der Waals surface area (Å²) in [5, 5.41) is 2.75. The first-order valence-corrected chi connectivity index (χ1v) is 13.9. The molecule has 8 nitrogen and oxygen atoms in total. The van der Waals surface area contributed by atoms with Gasteiger partial charge in [-0.15, -0.1) is 6.58 Å². The van der Waals surface area contributed by atoms with E-state index in [-0.39, 0.29) is 6.04 Å². The summed E-state index contributed by atoms with van der Waals surface area (Å²) in [4.78, 5) is 32.7. The fourth-order valence-corrected chi connectivity index (χ4v) is 5.24. The maximum absolute atomic E-state index is 11.7. The van der Waals surface area contributed by atoms with Crippen molar-refractivity contribution in [3.8, 4) is 0 Å². The lowest BCUT2D eigenvalue weighted by molar-refractivity contribution is -0.112. The smallest absolute Gasteiger partial charge is 0.150 e. The van der Waals surface area contributed by atoms with Crippen LogP contribution in [-0.4, -0.2) is 95.4 Å². The van der Waals surface area contributed by atoms with Crippen molar-refractivity contribution in [1.82, 2.24) is 15.1 Å². The summed E-state index contributed by atoms with van der Waals surface area (Å²) in [7, 11) is 5.69. The number of hydrogen-bond acceptors (Lipinski definition) is 8. The van der Waals surface area contributed by atoms with Gasteiger partial charge in [-0.1, -0.05) is 6.08 Å². The number of aldehydes is 2. The summed E-state index contributed by atoms with van der Waals surface area (Å²) in [5.41, 5.74) is 10.7. The summed E-state index contributed by atoms with van der Waals surface area (Å²) in [6.07, 6.45) is 5.27. The molecule has 212 valence electrons. The Morgan fingerprint density at radius 1 is 1.03 bits per heavy atom. The molecule has 39 heavy (non-hydrogen) atoms. The standard InChI is InChI=1S/C29H39N5O2.C2H7N/c1-3-4-5-29(22-36)31(2)20-25-16-28(9-6-24(25)21-35)33-14-12-32(13-15-33)17-23-18-34(19-23)27-10-7-26(30)8-11-27;1-3-2/h3,6-11,16,21-23,29H,1,4-5,12-15,17-20,30H2,2H3;3H,1-2H3. The third kappa shape index (κ3) is 8.65. The molecule has 2 heterocycles. The second kappa shape index (κ2) is 15.4. The van der Waals surface area contributed by atoms with E-state index in [0.29, 0.717) is 18.0 Å². The third-order valence-electron chi connectivity index (χ3n) is 7.53. The maximum Gasteiger partial charge on any atom is 0.150 e. The molecule has 2 aliphatic rings. The summed E-state index contributed by atoms with van der Waals surface area (Å²) in [6.45, 7) is 11.7. The van der Waals surface area contributed by atoms with Gasteiger partial charge >= 0.3 is 0 Å². The van der Waals surface area contributed by atoms with Crippen molar-refractivity contribution in [2.45, 2.75) is 25.4 Å². The molecule has 8 heteroatoms. The largest absolute Gasteiger partial charge is 0.399 e. The highest BCUT2D eigenvalue weighted by molar-refractivity contribution is 5.78. The summed E-state index contributed by atoms with van der Waals surface area (Å²) in [5.74, 6) is 0.704. The minimum absolute atomic E-state index is 0.183. The molecule has 0 amide bonds. The van der Waals surface area contributed by atoms with E-state index in [4.69, 9.17) is 5.73 Å². The monoisotopic (exact) mass is 534 g/mol. The van der Waals surface area contributed by atoms with Gasteiger partial charge in [0.05, 0.1) is 6.04 Å². The van der Waals surface area contributed by atoms with Gasteiger partial charge in [-0.2, -0.15) is 0 Å². The normalized spacial score (nSPS) is 16.7. The highest BCUT2D eigenvalue weighted by Crippen LogP contribution is 2.27. The maximum atomic E-state index is 11.7. The molecule has 0 aliphatic carbocycles. The Bertz CT molecular complexity index is 1050. The molecular weight excluding hydrogens is 488 g/mol. The van der Waals surface area contributed by atoms with Crippen LogP contribution in [0.5, 0.6) is 0 Å². The Morgan fingerprint density at radius 3 is 2.26 bits per heavy atom. The zero-order chi connectivity index (χ0) is 28.2. The van der Waals surface area contributed by atoms with Crippen LogP contribution >= 0.6 is 0 Å². The van der Waals surface area contributed by atoms with Gasteiger partial charge in [0.25, 0.3) is 0 Å². The Labute approximate surface area is 234 Å². The third-order valence-corrected chi connectivity index (χ3v) is 7.53. The van der Waals surface area contributed by atoms with Gasteiger partial charge < -0.3 is 25.6 Å². The van der Waals surface area contributed by atoms with Gasteiger partial charge in [-0.05, 0) is 82.0 Å². The second-order valence-electron chi connectivity index (χ2n) is 10.6. The van der Waals surface area contributed by atoms with E-state index in [9.17, 15) is 9.59 Å². The van der Waals surface area contributed by atoms with E-state index in [1.54, 1.807) is 0 Å². The molecule has 2 fully saturated rings. The van der Waals surface area contributed by atoms with Gasteiger partial charge in [-0.25, -0.2) is 0 Å². The number of piperazine rings is 1. The van der Waals surface area contributed by atoms with E-state index in [2.05, 4.69) is 44.8 Å². The number of likely N-dealkylation sites (N-methyl/N-ethyl adjacent to an activating group) is 1. The quantitative estimate of drug-likeness (QED) is 0.244. The summed E-state index contributed by atoms with van der Waals surface area (Å²) >= 11 is 0. The van der Waals surface area contributed by atoms with Crippen LogP contribution in [0, 0.1) is 5.92 Å². The number of rotatable bonds is 12. The number of hydrogen-bond donors (Lipinski definition) is 2. The van der Waals surface area contributed by atoms with E-state index < -0.39 is 0 Å². The van der Waals surface area contributed by atoms with Gasteiger partial charge in [0.1, 0.15) is 12.6 Å². The number of nitrogens with zero attached hydrogens (tertiary/aromatic N) is 4. The number of allylic oxidation sites excluding steroid dienone is 1.